The number of rotatable bonds is 4. The van der Waals surface area contributed by atoms with Crippen molar-refractivity contribution >= 4 is 17.1 Å². The van der Waals surface area contributed by atoms with E-state index >= 15 is 0 Å². The van der Waals surface area contributed by atoms with Gasteiger partial charge in [0.1, 0.15) is 0 Å². The molecule has 0 bridgehead atoms. The predicted octanol–water partition coefficient (Wildman–Crippen LogP) is 0.729. The number of allylic oxidation sites excluding steroid dienone is 4. The Balaban J connectivity index is 1.89. The molecule has 0 saturated carbocycles. The zero-order valence-electron chi connectivity index (χ0n) is 18.4. The molecule has 1 aliphatic heterocycles. The molecule has 32 heavy (non-hydrogen) atoms. The molecule has 4 rings (SSSR count). The van der Waals surface area contributed by atoms with Crippen molar-refractivity contribution in [2.24, 2.45) is 24.6 Å². The molecular weight excluding hydrogens is 406 g/mol. The Bertz CT molecular complexity index is 1310. The van der Waals surface area contributed by atoms with Gasteiger partial charge in [0, 0.05) is 38.6 Å². The number of nitrogens with zero attached hydrogens (tertiary/aromatic N) is 6. The van der Waals surface area contributed by atoms with Crippen molar-refractivity contribution in [3.63, 3.8) is 0 Å². The third-order valence-electron chi connectivity index (χ3n) is 6.16. The van der Waals surface area contributed by atoms with Crippen molar-refractivity contribution in [3.8, 4) is 17.9 Å². The Morgan fingerprint density at radius 1 is 1.25 bits per heavy atom. The number of fused-ring (bicyclic) bond motifs is 1. The Morgan fingerprint density at radius 3 is 2.75 bits per heavy atom. The standard InChI is InChI=1S/C23H27N7O2/c1-3-4-12-29-19-20(26-22(29)28-11-7-10-18(25)15-28)27(2)23(32)30(21(19)31)14-17-9-6-5-8-16(17)13-24/h5-6,8-9,16-18H,7,10-12,14-15,25H2,1-2H3/t16?,17?,18-/m1/s1. The molecule has 9 nitrogen and oxygen atoms in total. The maximum absolute atomic E-state index is 13.6. The van der Waals surface area contributed by atoms with E-state index in [2.05, 4.69) is 22.8 Å². The first-order chi connectivity index (χ1) is 15.5. The van der Waals surface area contributed by atoms with Crippen molar-refractivity contribution < 1.29 is 0 Å². The quantitative estimate of drug-likeness (QED) is 0.711. The van der Waals surface area contributed by atoms with Crippen LogP contribution in [0.1, 0.15) is 19.8 Å². The van der Waals surface area contributed by atoms with E-state index in [1.54, 1.807) is 24.6 Å². The second-order valence-electron chi connectivity index (χ2n) is 8.29. The summed E-state index contributed by atoms with van der Waals surface area (Å²) in [5.74, 6) is 5.85. The Labute approximate surface area is 186 Å². The summed E-state index contributed by atoms with van der Waals surface area (Å²) >= 11 is 0. The molecular formula is C23H27N7O2. The summed E-state index contributed by atoms with van der Waals surface area (Å²) in [5.41, 5.74) is 5.99. The average Bonchev–Trinajstić information content (AvgIpc) is 3.19. The maximum atomic E-state index is 13.6. The van der Waals surface area contributed by atoms with Crippen LogP contribution in [-0.2, 0) is 20.1 Å². The van der Waals surface area contributed by atoms with E-state index in [0.29, 0.717) is 23.7 Å². The van der Waals surface area contributed by atoms with Crippen LogP contribution in [0.15, 0.2) is 33.9 Å². The number of nitriles is 1. The van der Waals surface area contributed by atoms with Crippen LogP contribution in [0, 0.1) is 35.0 Å². The molecule has 0 aromatic carbocycles. The summed E-state index contributed by atoms with van der Waals surface area (Å²) in [4.78, 5) is 33.5. The normalized spacial score (nSPS) is 22.6. The second-order valence-corrected chi connectivity index (χ2v) is 8.29. The van der Waals surface area contributed by atoms with Gasteiger partial charge in [-0.2, -0.15) is 10.2 Å². The number of nitrogens with two attached hydrogens (primary N) is 1. The molecule has 166 valence electrons. The van der Waals surface area contributed by atoms with Crippen LogP contribution in [-0.4, -0.2) is 37.8 Å². The summed E-state index contributed by atoms with van der Waals surface area (Å²) in [6.07, 6.45) is 9.18. The molecule has 2 aromatic heterocycles. The van der Waals surface area contributed by atoms with Crippen LogP contribution in [0.2, 0.25) is 0 Å². The van der Waals surface area contributed by atoms with Gasteiger partial charge in [0.15, 0.2) is 11.2 Å². The summed E-state index contributed by atoms with van der Waals surface area (Å²) < 4.78 is 4.41. The van der Waals surface area contributed by atoms with E-state index in [9.17, 15) is 14.9 Å². The fourth-order valence-electron chi connectivity index (χ4n) is 4.44. The first-order valence-corrected chi connectivity index (χ1v) is 10.8. The highest BCUT2D eigenvalue weighted by Crippen LogP contribution is 2.24. The van der Waals surface area contributed by atoms with Gasteiger partial charge in [-0.05, 0) is 19.8 Å². The Morgan fingerprint density at radius 2 is 2.03 bits per heavy atom. The number of aryl methyl sites for hydroxylation is 1. The van der Waals surface area contributed by atoms with Gasteiger partial charge in [0.25, 0.3) is 5.56 Å². The molecule has 0 spiro atoms. The SMILES string of the molecule is CC#CCn1c(N2CCC[C@@H](N)C2)nc2c1c(=O)n(CC1C=CC=CC1C#N)c(=O)n2C. The molecule has 3 atom stereocenters. The minimum atomic E-state index is -0.449. The lowest BCUT2D eigenvalue weighted by atomic mass is 9.89. The molecule has 9 heteroatoms. The van der Waals surface area contributed by atoms with Crippen LogP contribution in [0.4, 0.5) is 5.95 Å². The fourth-order valence-corrected chi connectivity index (χ4v) is 4.44. The van der Waals surface area contributed by atoms with Crippen LogP contribution >= 0.6 is 0 Å². The molecule has 1 fully saturated rings. The number of aromatic nitrogens is 4. The molecule has 2 N–H and O–H groups in total. The topological polar surface area (TPSA) is 115 Å². The number of hydrogen-bond donors (Lipinski definition) is 1. The second kappa shape index (κ2) is 8.89. The maximum Gasteiger partial charge on any atom is 0.332 e. The smallest absolute Gasteiger partial charge is 0.332 e. The lowest BCUT2D eigenvalue weighted by molar-refractivity contribution is 0.444. The van der Waals surface area contributed by atoms with E-state index < -0.39 is 17.2 Å². The highest BCUT2D eigenvalue weighted by atomic mass is 16.2. The molecule has 3 heterocycles. The van der Waals surface area contributed by atoms with Gasteiger partial charge in [-0.25, -0.2) is 4.79 Å². The molecule has 0 amide bonds. The van der Waals surface area contributed by atoms with Crippen LogP contribution in [0.3, 0.4) is 0 Å². The first kappa shape index (κ1) is 21.7. The summed E-state index contributed by atoms with van der Waals surface area (Å²) in [7, 11) is 1.62. The summed E-state index contributed by atoms with van der Waals surface area (Å²) in [5, 5.41) is 9.46. The molecule has 2 aliphatic rings. The first-order valence-electron chi connectivity index (χ1n) is 10.8. The van der Waals surface area contributed by atoms with Crippen molar-refractivity contribution in [3.05, 3.63) is 45.1 Å². The summed E-state index contributed by atoms with van der Waals surface area (Å²) in [6, 6.07) is 2.27. The summed E-state index contributed by atoms with van der Waals surface area (Å²) in [6.45, 7) is 3.56. The molecule has 0 radical (unpaired) electrons. The molecule has 1 aliphatic carbocycles. The third-order valence-corrected chi connectivity index (χ3v) is 6.16. The molecule has 2 aromatic rings. The van der Waals surface area contributed by atoms with Crippen molar-refractivity contribution in [2.45, 2.75) is 38.9 Å². The van der Waals surface area contributed by atoms with Gasteiger partial charge >= 0.3 is 5.69 Å². The lowest BCUT2D eigenvalue weighted by Gasteiger charge is -2.31. The minimum Gasteiger partial charge on any atom is -0.341 e. The largest absolute Gasteiger partial charge is 0.341 e. The monoisotopic (exact) mass is 433 g/mol. The van der Waals surface area contributed by atoms with E-state index in [4.69, 9.17) is 10.7 Å². The fraction of sp³-hybridized carbons (Fsp3) is 0.478. The minimum absolute atomic E-state index is 0.0313. The number of anilines is 1. The number of imidazole rings is 1. The van der Waals surface area contributed by atoms with Gasteiger partial charge in [0.2, 0.25) is 5.95 Å². The van der Waals surface area contributed by atoms with Crippen LogP contribution in [0.5, 0.6) is 0 Å². The number of hydrogen-bond acceptors (Lipinski definition) is 6. The van der Waals surface area contributed by atoms with Gasteiger partial charge in [-0.3, -0.25) is 18.5 Å². The lowest BCUT2D eigenvalue weighted by Crippen LogP contribution is -2.44. The van der Waals surface area contributed by atoms with Gasteiger partial charge in [-0.1, -0.05) is 30.2 Å². The Kier molecular flexibility index (Phi) is 6.02. The average molecular weight is 434 g/mol. The van der Waals surface area contributed by atoms with Gasteiger partial charge < -0.3 is 10.6 Å². The predicted molar refractivity (Wildman–Crippen MR) is 123 cm³/mol. The van der Waals surface area contributed by atoms with Crippen molar-refractivity contribution in [2.75, 3.05) is 18.0 Å². The van der Waals surface area contributed by atoms with Crippen molar-refractivity contribution in [1.82, 2.24) is 18.7 Å². The highest BCUT2D eigenvalue weighted by molar-refractivity contribution is 5.75. The molecule has 1 saturated heterocycles. The molecule has 2 unspecified atom stereocenters. The van der Waals surface area contributed by atoms with Crippen LogP contribution in [0.25, 0.3) is 11.2 Å². The third kappa shape index (κ3) is 3.76. The zero-order chi connectivity index (χ0) is 22.8. The zero-order valence-corrected chi connectivity index (χ0v) is 18.4. The van der Waals surface area contributed by atoms with Crippen molar-refractivity contribution in [1.29, 1.82) is 5.26 Å². The van der Waals surface area contributed by atoms with E-state index in [0.717, 1.165) is 19.4 Å². The van der Waals surface area contributed by atoms with Gasteiger partial charge in [0.05, 0.1) is 18.5 Å². The van der Waals surface area contributed by atoms with Gasteiger partial charge in [-0.15, -0.1) is 5.92 Å². The Hall–Kier alpha value is -3.56. The van der Waals surface area contributed by atoms with Crippen LogP contribution < -0.4 is 21.9 Å². The number of piperidine rings is 1. The van der Waals surface area contributed by atoms with E-state index in [1.165, 1.54) is 9.13 Å². The van der Waals surface area contributed by atoms with E-state index in [1.807, 2.05) is 18.2 Å². The highest BCUT2D eigenvalue weighted by Gasteiger charge is 2.27. The van der Waals surface area contributed by atoms with E-state index in [-0.39, 0.29) is 25.0 Å².